The van der Waals surface area contributed by atoms with Crippen molar-refractivity contribution in [2.75, 3.05) is 4.90 Å². The maximum absolute atomic E-state index is 13.2. The Morgan fingerprint density at radius 3 is 2.19 bits per heavy atom. The Bertz CT molecular complexity index is 1560. The molecule has 1 saturated heterocycles. The summed E-state index contributed by atoms with van der Waals surface area (Å²) in [7, 11) is -4.40. The van der Waals surface area contributed by atoms with Crippen LogP contribution in [0.3, 0.4) is 0 Å². The number of anilines is 1. The fourth-order valence-corrected chi connectivity index (χ4v) is 5.07. The van der Waals surface area contributed by atoms with E-state index in [4.69, 9.17) is 50.6 Å². The number of benzene rings is 3. The first-order valence-corrected chi connectivity index (χ1v) is 12.7. The Morgan fingerprint density at radius 2 is 1.53 bits per heavy atom. The van der Waals surface area contributed by atoms with Crippen LogP contribution >= 0.6 is 46.4 Å². The molecule has 0 radical (unpaired) electrons. The summed E-state index contributed by atoms with van der Waals surface area (Å²) in [6.07, 6.45) is 1.02. The van der Waals surface area contributed by atoms with Crippen LogP contribution in [0.15, 0.2) is 71.1 Å². The third-order valence-corrected chi connectivity index (χ3v) is 7.02. The molecular formula is C23H12Cl4N2O6S. The number of nitrogens with zero attached hydrogens (tertiary/aromatic N) is 1. The van der Waals surface area contributed by atoms with Gasteiger partial charge in [0.05, 0.1) is 10.7 Å². The lowest BCUT2D eigenvalue weighted by Gasteiger charge is -2.26. The number of carbonyl (C=O) groups excluding carboxylic acids is 3. The molecular weight excluding hydrogens is 574 g/mol. The van der Waals surface area contributed by atoms with Crippen LogP contribution in [0.5, 0.6) is 5.75 Å². The maximum atomic E-state index is 13.2. The molecule has 184 valence electrons. The molecule has 8 nitrogen and oxygen atoms in total. The number of rotatable bonds is 5. The number of imide groups is 2. The average Bonchev–Trinajstić information content (AvgIpc) is 2.79. The molecule has 0 atom stereocenters. The van der Waals surface area contributed by atoms with E-state index in [2.05, 4.69) is 5.32 Å². The number of hydrogen-bond acceptors (Lipinski definition) is 6. The largest absolute Gasteiger partial charge is 0.377 e. The first kappa shape index (κ1) is 26.0. The van der Waals surface area contributed by atoms with E-state index in [1.807, 2.05) is 0 Å². The van der Waals surface area contributed by atoms with Crippen LogP contribution in [0, 0.1) is 0 Å². The van der Waals surface area contributed by atoms with E-state index in [9.17, 15) is 22.8 Å². The Hall–Kier alpha value is -3.08. The zero-order valence-electron chi connectivity index (χ0n) is 17.7. The third kappa shape index (κ3) is 5.35. The molecule has 1 N–H and O–H groups in total. The van der Waals surface area contributed by atoms with Crippen LogP contribution in [-0.2, 0) is 19.7 Å². The first-order valence-electron chi connectivity index (χ1n) is 9.82. The summed E-state index contributed by atoms with van der Waals surface area (Å²) in [5, 5.41) is 2.47. The Balaban J connectivity index is 1.79. The molecule has 0 spiro atoms. The molecule has 3 aromatic carbocycles. The minimum Gasteiger partial charge on any atom is -0.377 e. The number of carbonyl (C=O) groups is 3. The minimum atomic E-state index is -4.40. The topological polar surface area (TPSA) is 110 Å². The molecule has 0 unspecified atom stereocenters. The first-order chi connectivity index (χ1) is 17.0. The lowest BCUT2D eigenvalue weighted by molar-refractivity contribution is -0.122. The molecule has 4 rings (SSSR count). The summed E-state index contributed by atoms with van der Waals surface area (Å²) in [5.74, 6) is -2.41. The molecule has 4 amide bonds. The molecule has 3 aromatic rings. The van der Waals surface area contributed by atoms with Gasteiger partial charge in [-0.15, -0.1) is 0 Å². The monoisotopic (exact) mass is 584 g/mol. The smallest absolute Gasteiger partial charge is 0.339 e. The third-order valence-electron chi connectivity index (χ3n) is 4.80. The number of urea groups is 1. The highest BCUT2D eigenvalue weighted by atomic mass is 35.5. The van der Waals surface area contributed by atoms with Crippen molar-refractivity contribution >= 4 is 86.1 Å². The number of barbiturate groups is 1. The fourth-order valence-electron chi connectivity index (χ4n) is 3.20. The van der Waals surface area contributed by atoms with E-state index in [0.29, 0.717) is 9.92 Å². The zero-order chi connectivity index (χ0) is 26.2. The van der Waals surface area contributed by atoms with E-state index in [1.54, 1.807) is 0 Å². The highest BCUT2D eigenvalue weighted by Crippen LogP contribution is 2.36. The van der Waals surface area contributed by atoms with Crippen LogP contribution in [0.4, 0.5) is 10.5 Å². The Labute approximate surface area is 225 Å². The van der Waals surface area contributed by atoms with E-state index < -0.39 is 39.3 Å². The fraction of sp³-hybridized carbons (Fsp3) is 0. The maximum Gasteiger partial charge on any atom is 0.339 e. The molecule has 1 aliphatic heterocycles. The van der Waals surface area contributed by atoms with Crippen molar-refractivity contribution in [1.82, 2.24) is 5.32 Å². The molecule has 0 aliphatic carbocycles. The van der Waals surface area contributed by atoms with E-state index in [-0.39, 0.29) is 31.2 Å². The summed E-state index contributed by atoms with van der Waals surface area (Å²) in [4.78, 5) is 38.6. The number of amides is 4. The molecule has 36 heavy (non-hydrogen) atoms. The Kier molecular flexibility index (Phi) is 7.31. The number of nitrogens with one attached hydrogen (secondary N) is 1. The van der Waals surface area contributed by atoms with Gasteiger partial charge in [0.2, 0.25) is 0 Å². The van der Waals surface area contributed by atoms with Gasteiger partial charge in [0, 0.05) is 20.6 Å². The molecule has 0 aromatic heterocycles. The van der Waals surface area contributed by atoms with Gasteiger partial charge in [0.1, 0.15) is 10.5 Å². The van der Waals surface area contributed by atoms with Crippen molar-refractivity contribution in [3.63, 3.8) is 0 Å². The molecule has 1 heterocycles. The summed E-state index contributed by atoms with van der Waals surface area (Å²) < 4.78 is 30.9. The zero-order valence-corrected chi connectivity index (χ0v) is 21.5. The van der Waals surface area contributed by atoms with Crippen LogP contribution in [0.1, 0.15) is 5.56 Å². The summed E-state index contributed by atoms with van der Waals surface area (Å²) in [6, 6.07) is 12.5. The lowest BCUT2D eigenvalue weighted by atomic mass is 10.1. The summed E-state index contributed by atoms with van der Waals surface area (Å²) in [6.45, 7) is 0. The van der Waals surface area contributed by atoms with Gasteiger partial charge in [-0.2, -0.15) is 8.42 Å². The average molecular weight is 586 g/mol. The van der Waals surface area contributed by atoms with Crippen molar-refractivity contribution in [2.45, 2.75) is 4.90 Å². The van der Waals surface area contributed by atoms with Crippen molar-refractivity contribution in [3.05, 3.63) is 91.9 Å². The van der Waals surface area contributed by atoms with Crippen molar-refractivity contribution in [1.29, 1.82) is 0 Å². The van der Waals surface area contributed by atoms with E-state index in [0.717, 1.165) is 6.08 Å². The number of hydrogen-bond donors (Lipinski definition) is 1. The van der Waals surface area contributed by atoms with Gasteiger partial charge in [0.25, 0.3) is 11.8 Å². The second-order valence-electron chi connectivity index (χ2n) is 7.24. The van der Waals surface area contributed by atoms with Gasteiger partial charge in [-0.25, -0.2) is 9.69 Å². The van der Waals surface area contributed by atoms with Crippen molar-refractivity contribution < 1.29 is 27.0 Å². The second kappa shape index (κ2) is 10.1. The number of halogens is 4. The van der Waals surface area contributed by atoms with Gasteiger partial charge in [-0.1, -0.05) is 52.5 Å². The van der Waals surface area contributed by atoms with Crippen molar-refractivity contribution in [2.24, 2.45) is 0 Å². The highest BCUT2D eigenvalue weighted by Gasteiger charge is 2.37. The highest BCUT2D eigenvalue weighted by molar-refractivity contribution is 7.87. The van der Waals surface area contributed by atoms with E-state index >= 15 is 0 Å². The normalized spacial score (nSPS) is 15.3. The van der Waals surface area contributed by atoms with Crippen LogP contribution in [0.2, 0.25) is 20.1 Å². The predicted octanol–water partition coefficient (Wildman–Crippen LogP) is 5.73. The van der Waals surface area contributed by atoms with Gasteiger partial charge >= 0.3 is 16.1 Å². The molecule has 13 heteroatoms. The standard InChI is InChI=1S/C23H12Cl4N2O6S/c24-13-4-6-17(7-5-13)36(33,34)35-20-12(8-15(26)11-19(20)27)9-18-21(30)28-23(32)29(22(18)31)16-3-1-2-14(25)10-16/h1-11H,(H,28,30,32)/b18-9+. The molecule has 0 bridgehead atoms. The SMILES string of the molecule is O=C1NC(=O)N(c2cccc(Cl)c2)C(=O)/C1=C/c1cc(Cl)cc(Cl)c1OS(=O)(=O)c1ccc(Cl)cc1. The van der Waals surface area contributed by atoms with Crippen molar-refractivity contribution in [3.8, 4) is 5.75 Å². The summed E-state index contributed by atoms with van der Waals surface area (Å²) >= 11 is 24.1. The van der Waals surface area contributed by atoms with E-state index in [1.165, 1.54) is 60.7 Å². The van der Waals surface area contributed by atoms with Gasteiger partial charge in [0.15, 0.2) is 5.75 Å². The van der Waals surface area contributed by atoms with Crippen LogP contribution in [-0.4, -0.2) is 26.3 Å². The molecule has 1 aliphatic rings. The Morgan fingerprint density at radius 1 is 0.833 bits per heavy atom. The quantitative estimate of drug-likeness (QED) is 0.232. The lowest BCUT2D eigenvalue weighted by Crippen LogP contribution is -2.54. The molecule has 1 fully saturated rings. The van der Waals surface area contributed by atoms with Crippen LogP contribution < -0.4 is 14.4 Å². The predicted molar refractivity (Wildman–Crippen MR) is 136 cm³/mol. The van der Waals surface area contributed by atoms with Gasteiger partial charge in [-0.3, -0.25) is 14.9 Å². The van der Waals surface area contributed by atoms with Crippen LogP contribution in [0.25, 0.3) is 6.08 Å². The van der Waals surface area contributed by atoms with Gasteiger partial charge in [-0.05, 0) is 60.7 Å². The second-order valence-corrected chi connectivity index (χ2v) is 10.5. The molecule has 0 saturated carbocycles. The minimum absolute atomic E-state index is 0.0644. The van der Waals surface area contributed by atoms with Gasteiger partial charge < -0.3 is 4.18 Å². The summed E-state index contributed by atoms with van der Waals surface area (Å²) in [5.41, 5.74) is -0.514.